The third kappa shape index (κ3) is 2.79. The van der Waals surface area contributed by atoms with E-state index in [-0.39, 0.29) is 5.41 Å². The van der Waals surface area contributed by atoms with Gasteiger partial charge in [0.15, 0.2) is 0 Å². The van der Waals surface area contributed by atoms with Gasteiger partial charge in [-0.15, -0.1) is 0 Å². The highest BCUT2D eigenvalue weighted by Gasteiger charge is 2.33. The second-order valence-corrected chi connectivity index (χ2v) is 10.9. The maximum absolute atomic E-state index is 2.39. The summed E-state index contributed by atoms with van der Waals surface area (Å²) in [7, 11) is 0. The van der Waals surface area contributed by atoms with Crippen molar-refractivity contribution in [2.24, 2.45) is 0 Å². The molecule has 7 aromatic rings. The molecule has 0 nitrogen and oxygen atoms in total. The lowest BCUT2D eigenvalue weighted by atomic mass is 9.68. The van der Waals surface area contributed by atoms with Gasteiger partial charge in [0, 0.05) is 5.41 Å². The van der Waals surface area contributed by atoms with Crippen LogP contribution < -0.4 is 0 Å². The van der Waals surface area contributed by atoms with Gasteiger partial charge in [-0.25, -0.2) is 0 Å². The van der Waals surface area contributed by atoms with Crippen LogP contribution >= 0.6 is 0 Å². The summed E-state index contributed by atoms with van der Waals surface area (Å²) in [5.41, 5.74) is 8.09. The molecule has 0 aliphatic heterocycles. The fraction of sp³-hybridized carbons (Fsp3) is 0.0811. The predicted molar refractivity (Wildman–Crippen MR) is 159 cm³/mol. The van der Waals surface area contributed by atoms with Crippen molar-refractivity contribution in [1.82, 2.24) is 0 Å². The van der Waals surface area contributed by atoms with E-state index in [1.807, 2.05) is 0 Å². The molecule has 0 saturated carbocycles. The van der Waals surface area contributed by atoms with Crippen LogP contribution in [0, 0.1) is 0 Å². The van der Waals surface area contributed by atoms with Crippen LogP contribution in [0.1, 0.15) is 25.0 Å². The SMILES string of the molecule is CC1(C)c2ccccc2-c2cccc3c(-c4cccc5ccc6cc7ccccc7cc6c45)ccc1c23. The lowest BCUT2D eigenvalue weighted by Crippen LogP contribution is -2.23. The minimum Gasteiger partial charge on any atom is -0.0619 e. The Hall–Kier alpha value is -4.42. The lowest BCUT2D eigenvalue weighted by molar-refractivity contribution is 0.645. The highest BCUT2D eigenvalue weighted by molar-refractivity contribution is 6.20. The molecule has 0 heterocycles. The lowest BCUT2D eigenvalue weighted by Gasteiger charge is -2.35. The van der Waals surface area contributed by atoms with Gasteiger partial charge in [0.2, 0.25) is 0 Å². The van der Waals surface area contributed by atoms with E-state index in [4.69, 9.17) is 0 Å². The van der Waals surface area contributed by atoms with Gasteiger partial charge in [0.25, 0.3) is 0 Å². The summed E-state index contributed by atoms with van der Waals surface area (Å²) < 4.78 is 0. The fourth-order valence-electron chi connectivity index (χ4n) is 6.82. The van der Waals surface area contributed by atoms with Crippen molar-refractivity contribution in [3.8, 4) is 22.3 Å². The van der Waals surface area contributed by atoms with Gasteiger partial charge < -0.3 is 0 Å². The highest BCUT2D eigenvalue weighted by atomic mass is 14.4. The molecule has 1 aliphatic rings. The van der Waals surface area contributed by atoms with E-state index in [2.05, 4.69) is 135 Å². The molecule has 37 heavy (non-hydrogen) atoms. The summed E-state index contributed by atoms with van der Waals surface area (Å²) in [5.74, 6) is 0. The minimum absolute atomic E-state index is 0.0495. The van der Waals surface area contributed by atoms with Crippen molar-refractivity contribution in [2.75, 3.05) is 0 Å². The van der Waals surface area contributed by atoms with E-state index in [1.165, 1.54) is 76.5 Å². The zero-order chi connectivity index (χ0) is 24.7. The van der Waals surface area contributed by atoms with Gasteiger partial charge in [-0.05, 0) is 88.6 Å². The van der Waals surface area contributed by atoms with Crippen LogP contribution in [0.2, 0.25) is 0 Å². The smallest absolute Gasteiger partial charge is 0.0159 e. The van der Waals surface area contributed by atoms with Crippen molar-refractivity contribution >= 4 is 43.1 Å². The molecular formula is C37H26. The molecule has 174 valence electrons. The van der Waals surface area contributed by atoms with Crippen LogP contribution in [-0.2, 0) is 5.41 Å². The first kappa shape index (κ1) is 20.7. The average Bonchev–Trinajstić information content (AvgIpc) is 2.94. The topological polar surface area (TPSA) is 0 Å². The molecule has 0 amide bonds. The molecule has 1 aliphatic carbocycles. The van der Waals surface area contributed by atoms with Crippen LogP contribution in [0.15, 0.2) is 121 Å². The Morgan fingerprint density at radius 1 is 0.378 bits per heavy atom. The molecule has 0 bridgehead atoms. The third-order valence-electron chi connectivity index (χ3n) is 8.62. The Kier molecular flexibility index (Phi) is 4.10. The molecule has 7 aromatic carbocycles. The molecule has 0 heteroatoms. The number of hydrogen-bond acceptors (Lipinski definition) is 0. The van der Waals surface area contributed by atoms with Gasteiger partial charge in [0.1, 0.15) is 0 Å². The van der Waals surface area contributed by atoms with E-state index < -0.39 is 0 Å². The number of hydrogen-bond donors (Lipinski definition) is 0. The van der Waals surface area contributed by atoms with Gasteiger partial charge in [0.05, 0.1) is 0 Å². The van der Waals surface area contributed by atoms with Gasteiger partial charge in [-0.2, -0.15) is 0 Å². The summed E-state index contributed by atoms with van der Waals surface area (Å²) in [6, 6.07) is 45.2. The van der Waals surface area contributed by atoms with Crippen molar-refractivity contribution < 1.29 is 0 Å². The molecule has 0 N–H and O–H groups in total. The Bertz CT molecular complexity index is 2060. The standard InChI is InChI=1S/C37H26/c1-37(2)33-16-6-5-12-28(33)31-15-8-14-30-27(19-20-34(37)36(30)31)29-13-7-11-23-17-18-26-21-24-9-3-4-10-25(24)22-32(26)35(23)29/h3-22H,1-2H3. The van der Waals surface area contributed by atoms with Crippen LogP contribution in [0.25, 0.3) is 65.3 Å². The molecule has 0 saturated heterocycles. The first-order chi connectivity index (χ1) is 18.1. The zero-order valence-electron chi connectivity index (χ0n) is 21.0. The molecule has 8 rings (SSSR count). The Labute approximate surface area is 216 Å². The van der Waals surface area contributed by atoms with Crippen LogP contribution in [-0.4, -0.2) is 0 Å². The average molecular weight is 471 g/mol. The Balaban J connectivity index is 1.51. The molecule has 0 unspecified atom stereocenters. The van der Waals surface area contributed by atoms with Crippen LogP contribution in [0.5, 0.6) is 0 Å². The van der Waals surface area contributed by atoms with E-state index in [0.717, 1.165) is 0 Å². The van der Waals surface area contributed by atoms with Crippen molar-refractivity contribution in [2.45, 2.75) is 19.3 Å². The first-order valence-corrected chi connectivity index (χ1v) is 13.1. The minimum atomic E-state index is -0.0495. The summed E-state index contributed by atoms with van der Waals surface area (Å²) in [6.45, 7) is 4.74. The van der Waals surface area contributed by atoms with Crippen molar-refractivity contribution in [3.63, 3.8) is 0 Å². The van der Waals surface area contributed by atoms with Crippen LogP contribution in [0.3, 0.4) is 0 Å². The van der Waals surface area contributed by atoms with E-state index in [1.54, 1.807) is 0 Å². The van der Waals surface area contributed by atoms with Crippen molar-refractivity contribution in [1.29, 1.82) is 0 Å². The molecular weight excluding hydrogens is 444 g/mol. The quantitative estimate of drug-likeness (QED) is 0.165. The zero-order valence-corrected chi connectivity index (χ0v) is 21.0. The fourth-order valence-corrected chi connectivity index (χ4v) is 6.82. The normalized spacial score (nSPS) is 13.9. The van der Waals surface area contributed by atoms with Gasteiger partial charge in [-0.3, -0.25) is 0 Å². The molecule has 0 spiro atoms. The van der Waals surface area contributed by atoms with Crippen molar-refractivity contribution in [3.05, 3.63) is 132 Å². The monoisotopic (exact) mass is 470 g/mol. The number of rotatable bonds is 1. The molecule has 0 fully saturated rings. The number of fused-ring (bicyclic) bond motifs is 6. The first-order valence-electron chi connectivity index (χ1n) is 13.1. The summed E-state index contributed by atoms with van der Waals surface area (Å²) >= 11 is 0. The van der Waals surface area contributed by atoms with E-state index in [9.17, 15) is 0 Å². The van der Waals surface area contributed by atoms with Gasteiger partial charge in [-0.1, -0.05) is 123 Å². The second kappa shape index (κ2) is 7.31. The summed E-state index contributed by atoms with van der Waals surface area (Å²) in [5, 5.41) is 10.5. The van der Waals surface area contributed by atoms with E-state index in [0.29, 0.717) is 0 Å². The number of benzene rings is 7. The highest BCUT2D eigenvalue weighted by Crippen LogP contribution is 2.50. The summed E-state index contributed by atoms with van der Waals surface area (Å²) in [6.07, 6.45) is 0. The maximum atomic E-state index is 2.39. The van der Waals surface area contributed by atoms with Crippen LogP contribution in [0.4, 0.5) is 0 Å². The maximum Gasteiger partial charge on any atom is 0.0159 e. The second-order valence-electron chi connectivity index (χ2n) is 10.9. The van der Waals surface area contributed by atoms with E-state index >= 15 is 0 Å². The molecule has 0 atom stereocenters. The molecule has 0 aromatic heterocycles. The third-order valence-corrected chi connectivity index (χ3v) is 8.62. The summed E-state index contributed by atoms with van der Waals surface area (Å²) in [4.78, 5) is 0. The molecule has 0 radical (unpaired) electrons. The van der Waals surface area contributed by atoms with Gasteiger partial charge >= 0.3 is 0 Å². The predicted octanol–water partition coefficient (Wildman–Crippen LogP) is 10.3. The Morgan fingerprint density at radius 3 is 1.89 bits per heavy atom. The largest absolute Gasteiger partial charge is 0.0619 e. The Morgan fingerprint density at radius 2 is 1.03 bits per heavy atom.